The summed E-state index contributed by atoms with van der Waals surface area (Å²) in [5.41, 5.74) is 0. The average Bonchev–Trinajstić information content (AvgIpc) is 3.30. The van der Waals surface area contributed by atoms with Crippen LogP contribution in [0.15, 0.2) is 12.4 Å². The van der Waals surface area contributed by atoms with Crippen LogP contribution in [-0.2, 0) is 37.5 Å². The fourth-order valence-electron chi connectivity index (χ4n) is 4.45. The fraction of sp³-hybridized carbons (Fsp3) is 0.667. The summed E-state index contributed by atoms with van der Waals surface area (Å²) < 4.78 is 6.79. The first-order valence-electron chi connectivity index (χ1n) is 10.6. The van der Waals surface area contributed by atoms with Crippen molar-refractivity contribution in [2.75, 3.05) is 26.8 Å². The molecule has 11 heteroatoms. The van der Waals surface area contributed by atoms with Gasteiger partial charge in [0, 0.05) is 39.1 Å². The van der Waals surface area contributed by atoms with Gasteiger partial charge >= 0.3 is 0 Å². The molecule has 3 atom stereocenters. The average molecular weight is 452 g/mol. The second kappa shape index (κ2) is 11.6. The Kier molecular flexibility index (Phi) is 9.18. The molecule has 2 aliphatic heterocycles. The highest BCUT2D eigenvalue weighted by atomic mass is 16.5. The van der Waals surface area contributed by atoms with E-state index in [4.69, 9.17) is 14.6 Å². The zero-order chi connectivity index (χ0) is 23.8. The minimum absolute atomic E-state index is 0.0387. The van der Waals surface area contributed by atoms with Gasteiger partial charge in [0.1, 0.15) is 12.4 Å². The second-order valence-electron chi connectivity index (χ2n) is 8.48. The van der Waals surface area contributed by atoms with Crippen molar-refractivity contribution < 1.29 is 29.0 Å². The number of nitrogens with one attached hydrogen (secondary N) is 1. The van der Waals surface area contributed by atoms with Gasteiger partial charge in [0.25, 0.3) is 6.47 Å². The number of methoxy groups -OCH3 is 1. The maximum Gasteiger partial charge on any atom is 0.290 e. The predicted molar refractivity (Wildman–Crippen MR) is 114 cm³/mol. The van der Waals surface area contributed by atoms with Gasteiger partial charge < -0.3 is 29.5 Å². The molecule has 3 heterocycles. The highest BCUT2D eigenvalue weighted by Crippen LogP contribution is 2.36. The lowest BCUT2D eigenvalue weighted by Crippen LogP contribution is -2.58. The van der Waals surface area contributed by atoms with Gasteiger partial charge in [-0.1, -0.05) is 13.8 Å². The summed E-state index contributed by atoms with van der Waals surface area (Å²) >= 11 is 0. The third-order valence-electron chi connectivity index (χ3n) is 5.80. The number of ether oxygens (including phenoxy) is 1. The Morgan fingerprint density at radius 1 is 1.41 bits per heavy atom. The number of aromatic nitrogens is 2. The quantitative estimate of drug-likeness (QED) is 0.551. The fourth-order valence-corrected chi connectivity index (χ4v) is 4.45. The molecule has 1 aromatic heterocycles. The van der Waals surface area contributed by atoms with Crippen molar-refractivity contribution in [3.63, 3.8) is 0 Å². The molecule has 11 nitrogen and oxygen atoms in total. The van der Waals surface area contributed by atoms with Crippen molar-refractivity contribution in [1.29, 1.82) is 0 Å². The number of imidazole rings is 1. The molecule has 178 valence electrons. The van der Waals surface area contributed by atoms with Gasteiger partial charge in [-0.25, -0.2) is 4.98 Å². The number of rotatable bonds is 7. The molecular weight excluding hydrogens is 418 g/mol. The van der Waals surface area contributed by atoms with Gasteiger partial charge in [-0.2, -0.15) is 0 Å². The van der Waals surface area contributed by atoms with Crippen LogP contribution in [0.5, 0.6) is 0 Å². The largest absolute Gasteiger partial charge is 0.483 e. The molecule has 3 amide bonds. The Labute approximate surface area is 187 Å². The van der Waals surface area contributed by atoms with E-state index in [-0.39, 0.29) is 55.3 Å². The van der Waals surface area contributed by atoms with Gasteiger partial charge in [0.2, 0.25) is 17.7 Å². The number of piperazine rings is 1. The van der Waals surface area contributed by atoms with Crippen molar-refractivity contribution in [2.45, 2.75) is 45.3 Å². The normalized spacial score (nSPS) is 22.3. The van der Waals surface area contributed by atoms with Gasteiger partial charge in [-0.3, -0.25) is 19.2 Å². The van der Waals surface area contributed by atoms with E-state index >= 15 is 0 Å². The predicted octanol–water partition coefficient (Wildman–Crippen LogP) is -0.142. The third kappa shape index (κ3) is 6.06. The SMILES string of the molecule is COCC(=O)N1CC(=O)N2[C@@H](C[C@H](C(=O)NCc3nccn3C)[C@@H]2CC(C)C)C1.O=CO. The first kappa shape index (κ1) is 25.3. The maximum atomic E-state index is 13.0. The van der Waals surface area contributed by atoms with E-state index in [0.29, 0.717) is 25.4 Å². The second-order valence-corrected chi connectivity index (χ2v) is 8.48. The summed E-state index contributed by atoms with van der Waals surface area (Å²) in [6, 6.07) is -0.279. The summed E-state index contributed by atoms with van der Waals surface area (Å²) in [6.07, 6.45) is 4.85. The lowest BCUT2D eigenvalue weighted by molar-refractivity contribution is -0.151. The summed E-state index contributed by atoms with van der Waals surface area (Å²) in [5.74, 6) is 0.505. The molecule has 0 aliphatic carbocycles. The lowest BCUT2D eigenvalue weighted by Gasteiger charge is -2.40. The molecular formula is C21H33N5O6. The molecule has 0 radical (unpaired) electrons. The minimum atomic E-state index is -0.288. The zero-order valence-corrected chi connectivity index (χ0v) is 19.1. The van der Waals surface area contributed by atoms with Crippen molar-refractivity contribution in [2.24, 2.45) is 18.9 Å². The Bertz CT molecular complexity index is 810. The van der Waals surface area contributed by atoms with Crippen molar-refractivity contribution in [1.82, 2.24) is 24.7 Å². The first-order valence-corrected chi connectivity index (χ1v) is 10.6. The van der Waals surface area contributed by atoms with E-state index in [0.717, 1.165) is 12.2 Å². The molecule has 0 bridgehead atoms. The number of carbonyl (C=O) groups excluding carboxylic acids is 3. The van der Waals surface area contributed by atoms with Crippen LogP contribution < -0.4 is 5.32 Å². The molecule has 0 spiro atoms. The molecule has 2 fully saturated rings. The first-order chi connectivity index (χ1) is 15.2. The summed E-state index contributed by atoms with van der Waals surface area (Å²) in [5, 5.41) is 9.88. The smallest absolute Gasteiger partial charge is 0.290 e. The number of carboxylic acid groups (broad SMARTS) is 1. The summed E-state index contributed by atoms with van der Waals surface area (Å²) in [7, 11) is 3.35. The van der Waals surface area contributed by atoms with Crippen LogP contribution in [-0.4, -0.2) is 87.5 Å². The van der Waals surface area contributed by atoms with Crippen LogP contribution in [0.25, 0.3) is 0 Å². The Morgan fingerprint density at radius 3 is 2.66 bits per heavy atom. The maximum absolute atomic E-state index is 13.0. The number of aryl methyl sites for hydroxylation is 1. The molecule has 2 N–H and O–H groups in total. The number of hydrogen-bond acceptors (Lipinski definition) is 6. The summed E-state index contributed by atoms with van der Waals surface area (Å²) in [4.78, 5) is 54.1. The van der Waals surface area contributed by atoms with Crippen LogP contribution in [0.1, 0.15) is 32.5 Å². The van der Waals surface area contributed by atoms with Gasteiger partial charge in [-0.15, -0.1) is 0 Å². The molecule has 0 aromatic carbocycles. The third-order valence-corrected chi connectivity index (χ3v) is 5.80. The van der Waals surface area contributed by atoms with E-state index in [2.05, 4.69) is 24.1 Å². The van der Waals surface area contributed by atoms with Crippen molar-refractivity contribution in [3.8, 4) is 0 Å². The number of carbonyl (C=O) groups is 4. The Morgan fingerprint density at radius 2 is 2.09 bits per heavy atom. The van der Waals surface area contributed by atoms with Crippen molar-refractivity contribution in [3.05, 3.63) is 18.2 Å². The topological polar surface area (TPSA) is 134 Å². The minimum Gasteiger partial charge on any atom is -0.483 e. The Hall–Kier alpha value is -2.95. The van der Waals surface area contributed by atoms with Crippen LogP contribution in [0, 0.1) is 11.8 Å². The van der Waals surface area contributed by atoms with Crippen LogP contribution >= 0.6 is 0 Å². The van der Waals surface area contributed by atoms with Crippen LogP contribution in [0.4, 0.5) is 0 Å². The van der Waals surface area contributed by atoms with Gasteiger partial charge in [-0.05, 0) is 18.8 Å². The number of fused-ring (bicyclic) bond motifs is 1. The zero-order valence-electron chi connectivity index (χ0n) is 19.1. The van der Waals surface area contributed by atoms with Crippen molar-refractivity contribution >= 4 is 24.2 Å². The molecule has 2 aliphatic rings. The molecule has 3 rings (SSSR count). The molecule has 0 unspecified atom stereocenters. The molecule has 2 saturated heterocycles. The van der Waals surface area contributed by atoms with Gasteiger partial charge in [0.15, 0.2) is 0 Å². The van der Waals surface area contributed by atoms with E-state index in [1.54, 1.807) is 11.1 Å². The lowest BCUT2D eigenvalue weighted by atomic mass is 9.91. The molecule has 0 saturated carbocycles. The number of nitrogens with zero attached hydrogens (tertiary/aromatic N) is 4. The van der Waals surface area contributed by atoms with E-state index < -0.39 is 0 Å². The monoisotopic (exact) mass is 451 g/mol. The van der Waals surface area contributed by atoms with Gasteiger partial charge in [0.05, 0.1) is 25.0 Å². The highest BCUT2D eigenvalue weighted by Gasteiger charge is 2.50. The highest BCUT2D eigenvalue weighted by molar-refractivity contribution is 5.89. The number of hydrogen-bond donors (Lipinski definition) is 2. The number of amides is 3. The Balaban J connectivity index is 0.00000114. The van der Waals surface area contributed by atoms with Crippen LogP contribution in [0.3, 0.4) is 0 Å². The summed E-state index contributed by atoms with van der Waals surface area (Å²) in [6.45, 7) is 4.76. The van der Waals surface area contributed by atoms with E-state index in [9.17, 15) is 14.4 Å². The van der Waals surface area contributed by atoms with Crippen LogP contribution in [0.2, 0.25) is 0 Å². The standard InChI is InChI=1S/C20H31N5O4.CH2O2/c1-13(2)7-16-15(20(28)22-9-17-21-5-6-23(17)3)8-14-10-24(19(27)12-29-4)11-18(26)25(14)16;2-1-3/h5-6,13-16H,7-12H2,1-4H3,(H,22,28);1H,(H,2,3)/t14-,15-,16-;/m0./s1. The van der Waals surface area contributed by atoms with E-state index in [1.807, 2.05) is 22.7 Å². The van der Waals surface area contributed by atoms with E-state index in [1.165, 1.54) is 7.11 Å². The molecule has 1 aromatic rings. The molecule has 32 heavy (non-hydrogen) atoms.